The zero-order valence-electron chi connectivity index (χ0n) is 50.5. The van der Waals surface area contributed by atoms with E-state index >= 15 is 9.59 Å². The van der Waals surface area contributed by atoms with E-state index < -0.39 is 49.5 Å². The summed E-state index contributed by atoms with van der Waals surface area (Å²) >= 11 is 0. The molecule has 33 rings (SSSR count). The van der Waals surface area contributed by atoms with Gasteiger partial charge in [0.05, 0.1) is 43.9 Å². The number of hydrogen-bond donors (Lipinski definition) is 2. The third kappa shape index (κ3) is 3.03. The monoisotopic (exact) mass is 1230 g/mol. The van der Waals surface area contributed by atoms with Crippen molar-refractivity contribution in [2.24, 2.45) is 5.41 Å². The fraction of sp³-hybridized carbons (Fsp3) is 0.237. The minimum absolute atomic E-state index is 0.0872. The fourth-order valence-electron chi connectivity index (χ4n) is 27.7. The van der Waals surface area contributed by atoms with Crippen molar-refractivity contribution >= 4 is 318 Å². The topological polar surface area (TPSA) is 149 Å². The molecule has 28 aromatic rings. The van der Waals surface area contributed by atoms with Crippen molar-refractivity contribution in [2.45, 2.75) is 23.3 Å². The van der Waals surface area contributed by atoms with Crippen LogP contribution in [0.2, 0.25) is 6.04 Å². The van der Waals surface area contributed by atoms with Crippen LogP contribution in [0.25, 0.3) is 291 Å². The van der Waals surface area contributed by atoms with Gasteiger partial charge in [0.25, 0.3) is 5.91 Å². The van der Waals surface area contributed by atoms with Gasteiger partial charge in [0, 0.05) is 47.6 Å². The van der Waals surface area contributed by atoms with Gasteiger partial charge in [-0.3, -0.25) is 14.4 Å². The molecule has 0 atom stereocenters. The lowest BCUT2D eigenvalue weighted by molar-refractivity contribution is -0.168. The van der Waals surface area contributed by atoms with E-state index in [-0.39, 0.29) is 13.2 Å². The van der Waals surface area contributed by atoms with Crippen LogP contribution in [0.4, 0.5) is 0 Å². The molecule has 438 valence electrons. The van der Waals surface area contributed by atoms with Crippen LogP contribution in [-0.2, 0) is 62.2 Å². The van der Waals surface area contributed by atoms with Crippen molar-refractivity contribution in [1.82, 2.24) is 10.6 Å². The first-order valence-corrected chi connectivity index (χ1v) is 35.7. The van der Waals surface area contributed by atoms with E-state index in [0.717, 1.165) is 28.7 Å². The molecule has 2 spiro atoms. The Bertz CT molecular complexity index is 7380. The van der Waals surface area contributed by atoms with E-state index in [0.29, 0.717) is 52.1 Å². The van der Waals surface area contributed by atoms with Gasteiger partial charge in [-0.15, -0.1) is 0 Å². The lowest BCUT2D eigenvalue weighted by Gasteiger charge is -2.32. The SMILES string of the molecule is COCCOCCOCCOC(=O)C1(C(=O)OCC(=O)NCCNCCC[Si](OC)(OC)OC)C23c4c5c6c7c8c9c(c%10c%11c2c2c4c4c%12c5c5c6c6c8c8c%13c9c9c%10c%10c%11c%11c2c2c4c4c%12c%12c5c5c6c8c6c8c%13c9c9c%10c%10c%11c2c2c4c4c%12c5c6c5c8c9c%10c2c45)C713. The van der Waals surface area contributed by atoms with E-state index in [1.165, 1.54) is 291 Å². The summed E-state index contributed by atoms with van der Waals surface area (Å²) in [6.07, 6.45) is 0.758. The zero-order chi connectivity index (χ0) is 59.8. The number of carbonyl (C=O) groups is 3. The molecule has 13 nitrogen and oxygen atoms in total. The average Bonchev–Trinajstić information content (AvgIpc) is 1.36. The number of benzene rings is 18. The van der Waals surface area contributed by atoms with E-state index in [2.05, 4.69) is 10.6 Å². The lowest BCUT2D eigenvalue weighted by Crippen LogP contribution is -2.43. The number of rotatable bonds is 23. The van der Waals surface area contributed by atoms with Crippen LogP contribution in [0.15, 0.2) is 0 Å². The van der Waals surface area contributed by atoms with Gasteiger partial charge < -0.3 is 47.6 Å². The second kappa shape index (κ2) is 11.9. The Kier molecular flexibility index (Phi) is 5.62. The first kappa shape index (κ1) is 44.4. The highest BCUT2D eigenvalue weighted by Gasteiger charge is 3.01. The summed E-state index contributed by atoms with van der Waals surface area (Å²) < 4.78 is 48.1. The van der Waals surface area contributed by atoms with Crippen LogP contribution in [0, 0.1) is 5.41 Å². The van der Waals surface area contributed by atoms with E-state index in [9.17, 15) is 4.79 Å². The van der Waals surface area contributed by atoms with Gasteiger partial charge >= 0.3 is 20.7 Å². The summed E-state index contributed by atoms with van der Waals surface area (Å²) in [5.74, 6) is -1.71. The molecule has 0 aliphatic heterocycles. The lowest BCUT2D eigenvalue weighted by atomic mass is 9.68. The van der Waals surface area contributed by atoms with Crippen molar-refractivity contribution in [1.29, 1.82) is 0 Å². The minimum atomic E-state index is -2.74. The molecule has 14 heteroatoms. The van der Waals surface area contributed by atoms with Gasteiger partial charge in [0.1, 0.15) is 6.61 Å². The third-order valence-corrected chi connectivity index (χ3v) is 31.8. The Balaban J connectivity index is 0.755. The first-order valence-electron chi connectivity index (χ1n) is 33.8. The van der Waals surface area contributed by atoms with Crippen LogP contribution in [0.5, 0.6) is 0 Å². The second-order valence-corrected chi connectivity index (χ2v) is 33.5. The summed E-state index contributed by atoms with van der Waals surface area (Å²) in [6.45, 7) is 2.48. The largest absolute Gasteiger partial charge is 0.500 e. The number of ether oxygens (including phenoxy) is 5. The summed E-state index contributed by atoms with van der Waals surface area (Å²) in [4.78, 5) is 49.8. The van der Waals surface area contributed by atoms with Gasteiger partial charge in [-0.05, 0) is 326 Å². The Labute approximate surface area is 521 Å². The van der Waals surface area contributed by atoms with Gasteiger partial charge in [0.15, 0.2) is 12.0 Å². The second-order valence-electron chi connectivity index (χ2n) is 30.4. The normalized spacial score (nSPS) is 21.2. The predicted molar refractivity (Wildman–Crippen MR) is 374 cm³/mol. The molecular weight excluding hydrogens is 1190 g/mol. The summed E-state index contributed by atoms with van der Waals surface area (Å²) in [6, 6.07) is 0.644. The Morgan fingerprint density at radius 3 is 0.840 bits per heavy atom. The molecule has 28 aromatic carbocycles. The van der Waals surface area contributed by atoms with Gasteiger partial charge in [-0.25, -0.2) is 0 Å². The first-order chi connectivity index (χ1) is 46.4. The van der Waals surface area contributed by atoms with Gasteiger partial charge in [0.2, 0.25) is 0 Å². The molecule has 0 unspecified atom stereocenters. The molecule has 0 radical (unpaired) electrons. The quantitative estimate of drug-likeness (QED) is 0.0206. The maximum atomic E-state index is 17.6. The molecule has 5 aliphatic rings. The molecule has 1 fully saturated rings. The molecule has 94 heavy (non-hydrogen) atoms. The van der Waals surface area contributed by atoms with Crippen LogP contribution in [0.3, 0.4) is 0 Å². The predicted octanol–water partition coefficient (Wildman–Crippen LogP) is 15.0. The Morgan fingerprint density at radius 1 is 0.309 bits per heavy atom. The van der Waals surface area contributed by atoms with E-state index in [1.54, 1.807) is 28.4 Å². The van der Waals surface area contributed by atoms with Gasteiger partial charge in [-0.1, -0.05) is 0 Å². The molecule has 5 aliphatic carbocycles. The number of nitrogens with one attached hydrogen (secondary N) is 2. The highest BCUT2D eigenvalue weighted by Crippen LogP contribution is 2.96. The molecule has 0 aromatic heterocycles. The number of esters is 2. The molecule has 2 N–H and O–H groups in total. The van der Waals surface area contributed by atoms with Gasteiger partial charge in [-0.2, -0.15) is 0 Å². The fourth-order valence-corrected chi connectivity index (χ4v) is 29.4. The van der Waals surface area contributed by atoms with Crippen molar-refractivity contribution in [3.05, 3.63) is 22.3 Å². The van der Waals surface area contributed by atoms with E-state index in [1.807, 2.05) is 0 Å². The number of amides is 1. The Hall–Kier alpha value is -9.19. The number of carbonyl (C=O) groups excluding carboxylic acids is 3. The van der Waals surface area contributed by atoms with Crippen molar-refractivity contribution in [3.8, 4) is 0 Å². The summed E-state index contributed by atoms with van der Waals surface area (Å²) in [5, 5.41) is 82.4. The maximum absolute atomic E-state index is 17.6. The molecular formula is C80H38N2O11Si. The smallest absolute Gasteiger partial charge is 0.462 e. The zero-order valence-corrected chi connectivity index (χ0v) is 51.5. The maximum Gasteiger partial charge on any atom is 0.500 e. The number of hydrogen-bond acceptors (Lipinski definition) is 12. The molecule has 0 saturated heterocycles. The van der Waals surface area contributed by atoms with Crippen molar-refractivity contribution in [2.75, 3.05) is 94.3 Å². The third-order valence-electron chi connectivity index (χ3n) is 29.0. The standard InChI is InChI=1S/C80H38N2O11Si/c1-86-9-10-90-11-12-91-13-14-92-76(84)80(77(85)93-16-17(83)82-8-7-81-6-5-15-94(87-2,88-3)89-4)78-72-64-56-46-36-28-20-18-19-22-26-24(20)32-40-34(26)44-38-30(22)31-23(19)27-25-21(18)29(28)37-43-33(25)41-35(27)45-39(31)49-48(38)58-52(44)62-54(40)60(50(56)42(32)36)68(72)70(62)74-66(58)67-59(49)53(45)63-55(41)61-51(43)57(47(37)46)65(64)73(78)69(61)71(63)75(67)79(74,78)80/h81H,5-16H2,1-4H3,(H,82,83). The average molecular weight is 1230 g/mol. The van der Waals surface area contributed by atoms with Crippen LogP contribution in [0.1, 0.15) is 28.7 Å². The summed E-state index contributed by atoms with van der Waals surface area (Å²) in [5.41, 5.74) is -0.0953. The van der Waals surface area contributed by atoms with Crippen LogP contribution < -0.4 is 10.6 Å². The van der Waals surface area contributed by atoms with Crippen LogP contribution in [-0.4, -0.2) is 121 Å². The van der Waals surface area contributed by atoms with E-state index in [4.69, 9.17) is 37.0 Å². The molecule has 1 amide bonds. The number of methoxy groups -OCH3 is 1. The van der Waals surface area contributed by atoms with Crippen molar-refractivity contribution in [3.63, 3.8) is 0 Å². The van der Waals surface area contributed by atoms with Crippen LogP contribution >= 0.6 is 0 Å². The highest BCUT2D eigenvalue weighted by atomic mass is 28.4. The molecule has 0 heterocycles. The minimum Gasteiger partial charge on any atom is -0.462 e. The van der Waals surface area contributed by atoms with Crippen molar-refractivity contribution < 1.29 is 51.3 Å². The summed E-state index contributed by atoms with van der Waals surface area (Å²) in [7, 11) is 3.78. The molecule has 1 saturated carbocycles. The highest BCUT2D eigenvalue weighted by molar-refractivity contribution is 6.82. The Morgan fingerprint density at radius 2 is 0.564 bits per heavy atom. The molecule has 0 bridgehead atoms.